The lowest BCUT2D eigenvalue weighted by Gasteiger charge is -2.43. The van der Waals surface area contributed by atoms with E-state index in [1.54, 1.807) is 0 Å². The highest BCUT2D eigenvalue weighted by atomic mass is 16.6. The first kappa shape index (κ1) is 20.8. The predicted molar refractivity (Wildman–Crippen MR) is 72.4 cm³/mol. The summed E-state index contributed by atoms with van der Waals surface area (Å²) in [5, 5.41) is 76.3. The van der Waals surface area contributed by atoms with E-state index in [1.807, 2.05) is 0 Å². The third-order valence-corrected chi connectivity index (χ3v) is 3.86. The number of rotatable bonds is 7. The summed E-state index contributed by atoms with van der Waals surface area (Å²) in [6, 6.07) is -1.54. The van der Waals surface area contributed by atoms with E-state index in [4.69, 9.17) is 20.7 Å². The first-order valence-corrected chi connectivity index (χ1v) is 6.90. The summed E-state index contributed by atoms with van der Waals surface area (Å²) in [4.78, 5) is 21.3. The normalized spacial score (nSPS) is 37.1. The van der Waals surface area contributed by atoms with Gasteiger partial charge in [0.25, 0.3) is 0 Å². The molecule has 10 N–H and O–H groups in total. The molecule has 1 fully saturated rings. The maximum absolute atomic E-state index is 11.0. The monoisotopic (exact) mass is 355 g/mol. The molecule has 1 aliphatic rings. The van der Waals surface area contributed by atoms with E-state index >= 15 is 0 Å². The summed E-state index contributed by atoms with van der Waals surface area (Å²) >= 11 is 0. The van der Waals surface area contributed by atoms with Crippen LogP contribution in [-0.4, -0.2) is 114 Å². The summed E-state index contributed by atoms with van der Waals surface area (Å²) in [5.74, 6) is -1.67. The van der Waals surface area contributed by atoms with Crippen LogP contribution in [-0.2, 0) is 14.3 Å². The number of carbonyl (C=O) groups is 2. The van der Waals surface area contributed by atoms with Crippen LogP contribution in [0.15, 0.2) is 0 Å². The number of aldehydes is 1. The van der Waals surface area contributed by atoms with Crippen LogP contribution >= 0.6 is 0 Å². The third-order valence-electron chi connectivity index (χ3n) is 3.86. The van der Waals surface area contributed by atoms with Crippen molar-refractivity contribution in [3.05, 3.63) is 0 Å². The van der Waals surface area contributed by atoms with Crippen molar-refractivity contribution in [3.63, 3.8) is 0 Å². The zero-order valence-corrected chi connectivity index (χ0v) is 12.2. The van der Waals surface area contributed by atoms with Gasteiger partial charge in [0.1, 0.15) is 48.8 Å². The fraction of sp³-hybridized carbons (Fsp3) is 0.833. The molecule has 12 nitrogen and oxygen atoms in total. The fourth-order valence-corrected chi connectivity index (χ4v) is 2.33. The molecule has 12 heteroatoms. The Morgan fingerprint density at radius 1 is 1.00 bits per heavy atom. The van der Waals surface area contributed by atoms with E-state index in [2.05, 4.69) is 0 Å². The Hall–Kier alpha value is -1.22. The average molecular weight is 355 g/mol. The molecule has 1 heterocycles. The molecular weight excluding hydrogens is 334 g/mol. The van der Waals surface area contributed by atoms with Crippen LogP contribution in [0, 0.1) is 0 Å². The van der Waals surface area contributed by atoms with Crippen molar-refractivity contribution >= 4 is 12.3 Å². The van der Waals surface area contributed by atoms with Crippen LogP contribution in [0.3, 0.4) is 0 Å². The first-order chi connectivity index (χ1) is 11.0. The number of ether oxygens (including phenoxy) is 1. The molecule has 1 aliphatic heterocycles. The van der Waals surface area contributed by atoms with E-state index < -0.39 is 66.9 Å². The van der Waals surface area contributed by atoms with Crippen LogP contribution < -0.4 is 5.73 Å². The maximum Gasteiger partial charge on any atom is 0.335 e. The van der Waals surface area contributed by atoms with Crippen molar-refractivity contribution in [3.8, 4) is 0 Å². The van der Waals surface area contributed by atoms with Crippen molar-refractivity contribution in [2.24, 2.45) is 5.73 Å². The molecule has 1 rings (SSSR count). The van der Waals surface area contributed by atoms with Gasteiger partial charge < -0.3 is 56.1 Å². The van der Waals surface area contributed by atoms with Gasteiger partial charge in [-0.3, -0.25) is 0 Å². The van der Waals surface area contributed by atoms with Gasteiger partial charge in [-0.15, -0.1) is 0 Å². The van der Waals surface area contributed by atoms with Crippen LogP contribution in [0.25, 0.3) is 0 Å². The van der Waals surface area contributed by atoms with Gasteiger partial charge in [0, 0.05) is 0 Å². The molecule has 0 aromatic heterocycles. The Bertz CT molecular complexity index is 449. The largest absolute Gasteiger partial charge is 0.479 e. The fourth-order valence-electron chi connectivity index (χ4n) is 2.33. The number of hydrogen-bond acceptors (Lipinski definition) is 11. The number of carboxylic acids is 1. The molecule has 1 unspecified atom stereocenters. The lowest BCUT2D eigenvalue weighted by atomic mass is 9.87. The number of aliphatic carboxylic acids is 1. The van der Waals surface area contributed by atoms with Gasteiger partial charge in [0.2, 0.25) is 0 Å². The van der Waals surface area contributed by atoms with E-state index in [0.29, 0.717) is 0 Å². The highest BCUT2D eigenvalue weighted by Crippen LogP contribution is 2.25. The smallest absolute Gasteiger partial charge is 0.335 e. The average Bonchev–Trinajstić information content (AvgIpc) is 2.56. The first-order valence-electron chi connectivity index (χ1n) is 6.90. The number of nitrogens with two attached hydrogens (primary N) is 1. The van der Waals surface area contributed by atoms with Crippen molar-refractivity contribution in [1.82, 2.24) is 0 Å². The van der Waals surface area contributed by atoms with Crippen molar-refractivity contribution in [2.45, 2.75) is 61.0 Å². The van der Waals surface area contributed by atoms with Crippen LogP contribution in [0.1, 0.15) is 0 Å². The molecule has 0 radical (unpaired) electrons. The minimum absolute atomic E-state index is 0.115. The van der Waals surface area contributed by atoms with E-state index in [0.717, 1.165) is 0 Å². The van der Waals surface area contributed by atoms with Crippen molar-refractivity contribution in [2.75, 3.05) is 0 Å². The Balaban J connectivity index is 2.93. The lowest BCUT2D eigenvalue weighted by molar-refractivity contribution is -0.230. The van der Waals surface area contributed by atoms with Gasteiger partial charge in [0.15, 0.2) is 12.4 Å². The highest BCUT2D eigenvalue weighted by molar-refractivity contribution is 5.73. The Kier molecular flexibility index (Phi) is 7.15. The van der Waals surface area contributed by atoms with Crippen LogP contribution in [0.2, 0.25) is 0 Å². The summed E-state index contributed by atoms with van der Waals surface area (Å²) in [7, 11) is 0. The Labute approximate surface area is 135 Å². The second-order valence-corrected chi connectivity index (χ2v) is 5.51. The molecule has 0 aromatic rings. The SMILES string of the molecule is N[C@H]1[C@@H](O)[C@H](O)[C@@H](C(=O)O)O[C@H]1C(O)[C@@H](O)[C@@H](O)[C@H](O)[C@@H](O)C=O. The van der Waals surface area contributed by atoms with E-state index in [-0.39, 0.29) is 6.29 Å². The molecule has 0 aliphatic carbocycles. The molecule has 24 heavy (non-hydrogen) atoms. The predicted octanol–water partition coefficient (Wildman–Crippen LogP) is -6.11. The lowest BCUT2D eigenvalue weighted by Crippen LogP contribution is -2.68. The summed E-state index contributed by atoms with van der Waals surface area (Å²) in [5.41, 5.74) is 5.53. The van der Waals surface area contributed by atoms with Gasteiger partial charge in [-0.05, 0) is 0 Å². The molecule has 1 saturated heterocycles. The molecule has 140 valence electrons. The Morgan fingerprint density at radius 2 is 1.54 bits per heavy atom. The molecule has 0 bridgehead atoms. The quantitative estimate of drug-likeness (QED) is 0.194. The third kappa shape index (κ3) is 4.05. The van der Waals surface area contributed by atoms with Crippen LogP contribution in [0.5, 0.6) is 0 Å². The summed E-state index contributed by atoms with van der Waals surface area (Å²) in [6.07, 6.45) is -18.3. The second-order valence-electron chi connectivity index (χ2n) is 5.51. The highest BCUT2D eigenvalue weighted by Gasteiger charge is 2.50. The summed E-state index contributed by atoms with van der Waals surface area (Å²) < 4.78 is 4.87. The van der Waals surface area contributed by atoms with Gasteiger partial charge in [0.05, 0.1) is 6.04 Å². The minimum atomic E-state index is -2.22. The van der Waals surface area contributed by atoms with Gasteiger partial charge in [-0.25, -0.2) is 4.79 Å². The van der Waals surface area contributed by atoms with Crippen LogP contribution in [0.4, 0.5) is 0 Å². The molecule has 10 atom stereocenters. The van der Waals surface area contributed by atoms with Gasteiger partial charge in [-0.1, -0.05) is 0 Å². The molecular formula is C12H21NO11. The molecule has 0 aromatic carbocycles. The number of aliphatic hydroxyl groups excluding tert-OH is 7. The molecule has 0 saturated carbocycles. The van der Waals surface area contributed by atoms with Gasteiger partial charge in [-0.2, -0.15) is 0 Å². The number of carbonyl (C=O) groups excluding carboxylic acids is 1. The molecule has 0 spiro atoms. The zero-order valence-electron chi connectivity index (χ0n) is 12.2. The Morgan fingerprint density at radius 3 is 2.00 bits per heavy atom. The van der Waals surface area contributed by atoms with Crippen molar-refractivity contribution < 1.29 is 55.2 Å². The zero-order chi connectivity index (χ0) is 18.8. The topological polar surface area (TPSA) is 231 Å². The minimum Gasteiger partial charge on any atom is -0.479 e. The number of aliphatic hydroxyl groups is 7. The number of carboxylic acid groups (broad SMARTS) is 1. The van der Waals surface area contributed by atoms with E-state index in [9.17, 15) is 40.2 Å². The van der Waals surface area contributed by atoms with Gasteiger partial charge >= 0.3 is 5.97 Å². The van der Waals surface area contributed by atoms with E-state index in [1.165, 1.54) is 0 Å². The summed E-state index contributed by atoms with van der Waals surface area (Å²) in [6.45, 7) is 0. The molecule has 0 amide bonds. The second kappa shape index (κ2) is 8.24. The number of hydrogen-bond donors (Lipinski definition) is 9. The maximum atomic E-state index is 11.0. The standard InChI is InChI=1S/C12H21NO11/c13-3-5(17)8(20)11(12(22)23)24-10(3)9(21)7(19)6(18)4(16)2(15)1-14/h1-11,15-21H,13H2,(H,22,23)/t2-,3-,4+,5+,6-,7-,8-,9?,10+,11-/m0/s1. The van der Waals surface area contributed by atoms with Crippen molar-refractivity contribution in [1.29, 1.82) is 0 Å².